The van der Waals surface area contributed by atoms with Gasteiger partial charge in [-0.05, 0) is 31.4 Å². The van der Waals surface area contributed by atoms with Crippen molar-refractivity contribution in [1.29, 1.82) is 0 Å². The molecule has 25 heavy (non-hydrogen) atoms. The second kappa shape index (κ2) is 6.51. The Kier molecular flexibility index (Phi) is 4.55. The van der Waals surface area contributed by atoms with E-state index in [2.05, 4.69) is 5.32 Å². The SMILES string of the molecule is Cc1c(NC(=O)C[C@@H]2CCS(=O)(=O)C2)c(=O)n(-c2ccccc2)n1C. The number of aromatic nitrogens is 2. The molecule has 1 aromatic carbocycles. The Morgan fingerprint density at radius 1 is 1.28 bits per heavy atom. The highest BCUT2D eigenvalue weighted by molar-refractivity contribution is 7.91. The van der Waals surface area contributed by atoms with Gasteiger partial charge in [0.25, 0.3) is 5.56 Å². The number of hydrogen-bond acceptors (Lipinski definition) is 4. The van der Waals surface area contributed by atoms with Crippen LogP contribution in [-0.2, 0) is 21.7 Å². The Bertz CT molecular complexity index is 958. The van der Waals surface area contributed by atoms with Gasteiger partial charge in [0.05, 0.1) is 22.9 Å². The first-order valence-electron chi connectivity index (χ1n) is 8.13. The zero-order chi connectivity index (χ0) is 18.2. The molecule has 0 radical (unpaired) electrons. The number of benzene rings is 1. The van der Waals surface area contributed by atoms with E-state index in [9.17, 15) is 18.0 Å². The van der Waals surface area contributed by atoms with Crippen LogP contribution in [0.5, 0.6) is 0 Å². The minimum Gasteiger partial charge on any atom is -0.320 e. The molecule has 2 heterocycles. The number of rotatable bonds is 4. The normalized spacial score (nSPS) is 19.0. The van der Waals surface area contributed by atoms with Crippen LogP contribution in [0.3, 0.4) is 0 Å². The quantitative estimate of drug-likeness (QED) is 0.885. The molecule has 0 aliphatic carbocycles. The Morgan fingerprint density at radius 2 is 1.96 bits per heavy atom. The van der Waals surface area contributed by atoms with Crippen LogP contribution in [0, 0.1) is 12.8 Å². The van der Waals surface area contributed by atoms with Crippen molar-refractivity contribution < 1.29 is 13.2 Å². The van der Waals surface area contributed by atoms with Gasteiger partial charge in [-0.3, -0.25) is 14.3 Å². The van der Waals surface area contributed by atoms with Crippen molar-refractivity contribution in [3.05, 3.63) is 46.4 Å². The van der Waals surface area contributed by atoms with Gasteiger partial charge in [-0.15, -0.1) is 0 Å². The van der Waals surface area contributed by atoms with Crippen molar-refractivity contribution in [3.8, 4) is 5.69 Å². The summed E-state index contributed by atoms with van der Waals surface area (Å²) < 4.78 is 26.2. The molecule has 0 saturated carbocycles. The minimum atomic E-state index is -3.02. The molecule has 1 saturated heterocycles. The van der Waals surface area contributed by atoms with Gasteiger partial charge in [-0.25, -0.2) is 13.1 Å². The summed E-state index contributed by atoms with van der Waals surface area (Å²) in [6, 6.07) is 9.17. The Labute approximate surface area is 146 Å². The predicted molar refractivity (Wildman–Crippen MR) is 95.8 cm³/mol. The Hall–Kier alpha value is -2.35. The summed E-state index contributed by atoms with van der Waals surface area (Å²) in [5, 5.41) is 2.68. The lowest BCUT2D eigenvalue weighted by Crippen LogP contribution is -2.24. The van der Waals surface area contributed by atoms with E-state index < -0.39 is 9.84 Å². The van der Waals surface area contributed by atoms with Crippen LogP contribution in [0.4, 0.5) is 5.69 Å². The molecule has 1 aliphatic heterocycles. The second-order valence-corrected chi connectivity index (χ2v) is 8.69. The molecule has 1 amide bonds. The number of anilines is 1. The topological polar surface area (TPSA) is 90.2 Å². The van der Waals surface area contributed by atoms with Gasteiger partial charge < -0.3 is 5.32 Å². The highest BCUT2D eigenvalue weighted by atomic mass is 32.2. The fraction of sp³-hybridized carbons (Fsp3) is 0.412. The number of carbonyl (C=O) groups excluding carboxylic acids is 1. The van der Waals surface area contributed by atoms with E-state index in [4.69, 9.17) is 0 Å². The highest BCUT2D eigenvalue weighted by Crippen LogP contribution is 2.22. The van der Waals surface area contributed by atoms with Crippen molar-refractivity contribution in [2.75, 3.05) is 16.8 Å². The monoisotopic (exact) mass is 363 g/mol. The zero-order valence-corrected chi connectivity index (χ0v) is 15.0. The minimum absolute atomic E-state index is 0.0441. The number of hydrogen-bond donors (Lipinski definition) is 1. The van der Waals surface area contributed by atoms with E-state index in [-0.39, 0.29) is 41.0 Å². The zero-order valence-electron chi connectivity index (χ0n) is 14.2. The molecule has 1 fully saturated rings. The summed E-state index contributed by atoms with van der Waals surface area (Å²) in [4.78, 5) is 25.0. The molecular formula is C17H21N3O4S. The molecule has 2 aromatic rings. The first kappa shape index (κ1) is 17.5. The number of amides is 1. The van der Waals surface area contributed by atoms with E-state index in [1.54, 1.807) is 18.7 Å². The number of sulfone groups is 1. The van der Waals surface area contributed by atoms with Crippen LogP contribution < -0.4 is 10.9 Å². The molecular weight excluding hydrogens is 342 g/mol. The van der Waals surface area contributed by atoms with Crippen LogP contribution >= 0.6 is 0 Å². The van der Waals surface area contributed by atoms with Gasteiger partial charge in [0, 0.05) is 13.5 Å². The molecule has 8 heteroatoms. The maximum Gasteiger partial charge on any atom is 0.295 e. The van der Waals surface area contributed by atoms with Gasteiger partial charge in [-0.2, -0.15) is 0 Å². The molecule has 0 bridgehead atoms. The largest absolute Gasteiger partial charge is 0.320 e. The standard InChI is InChI=1S/C17H21N3O4S/c1-12-16(18-15(21)10-13-8-9-25(23,24)11-13)17(22)20(19(12)2)14-6-4-3-5-7-14/h3-7,13H,8-11H2,1-2H3,(H,18,21)/t13-/m0/s1. The van der Waals surface area contributed by atoms with Crippen molar-refractivity contribution in [2.24, 2.45) is 13.0 Å². The number of para-hydroxylation sites is 1. The van der Waals surface area contributed by atoms with E-state index in [1.807, 2.05) is 30.3 Å². The smallest absolute Gasteiger partial charge is 0.295 e. The molecule has 3 rings (SSSR count). The van der Waals surface area contributed by atoms with Crippen LogP contribution in [0.25, 0.3) is 5.69 Å². The summed E-state index contributed by atoms with van der Waals surface area (Å²) in [6.45, 7) is 1.76. The van der Waals surface area contributed by atoms with Crippen molar-refractivity contribution >= 4 is 21.4 Å². The third kappa shape index (κ3) is 3.53. The molecule has 1 N–H and O–H groups in total. The number of nitrogens with one attached hydrogen (secondary N) is 1. The average molecular weight is 363 g/mol. The maximum atomic E-state index is 12.7. The van der Waals surface area contributed by atoms with Crippen LogP contribution in [0.2, 0.25) is 0 Å². The van der Waals surface area contributed by atoms with Crippen molar-refractivity contribution in [1.82, 2.24) is 9.36 Å². The van der Waals surface area contributed by atoms with Crippen molar-refractivity contribution in [2.45, 2.75) is 19.8 Å². The molecule has 1 aliphatic rings. The first-order chi connectivity index (χ1) is 11.8. The van der Waals surface area contributed by atoms with Gasteiger partial charge in [0.1, 0.15) is 5.69 Å². The first-order valence-corrected chi connectivity index (χ1v) is 9.95. The van der Waals surface area contributed by atoms with E-state index >= 15 is 0 Å². The Balaban J connectivity index is 1.82. The summed E-state index contributed by atoms with van der Waals surface area (Å²) in [5.41, 5.74) is 1.28. The number of nitrogens with zero attached hydrogens (tertiary/aromatic N) is 2. The second-order valence-electron chi connectivity index (χ2n) is 6.46. The van der Waals surface area contributed by atoms with Gasteiger partial charge in [0.15, 0.2) is 9.84 Å². The molecule has 1 atom stereocenters. The summed E-state index contributed by atoms with van der Waals surface area (Å²) in [7, 11) is -1.27. The van der Waals surface area contributed by atoms with Crippen LogP contribution in [0.1, 0.15) is 18.5 Å². The fourth-order valence-electron chi connectivity index (χ4n) is 3.20. The predicted octanol–water partition coefficient (Wildman–Crippen LogP) is 1.25. The maximum absolute atomic E-state index is 12.7. The van der Waals surface area contributed by atoms with E-state index in [1.165, 1.54) is 4.68 Å². The summed E-state index contributed by atoms with van der Waals surface area (Å²) >= 11 is 0. The molecule has 0 spiro atoms. The summed E-state index contributed by atoms with van der Waals surface area (Å²) in [6.07, 6.45) is 0.607. The summed E-state index contributed by atoms with van der Waals surface area (Å²) in [5.74, 6) is -0.322. The molecule has 7 nitrogen and oxygen atoms in total. The lowest BCUT2D eigenvalue weighted by molar-refractivity contribution is -0.116. The third-order valence-electron chi connectivity index (χ3n) is 4.62. The van der Waals surface area contributed by atoms with Crippen LogP contribution in [-0.4, -0.2) is 35.2 Å². The number of carbonyl (C=O) groups is 1. The average Bonchev–Trinajstić information content (AvgIpc) is 3.00. The van der Waals surface area contributed by atoms with Gasteiger partial charge >= 0.3 is 0 Å². The van der Waals surface area contributed by atoms with Crippen molar-refractivity contribution in [3.63, 3.8) is 0 Å². The fourth-order valence-corrected chi connectivity index (χ4v) is 5.06. The van der Waals surface area contributed by atoms with Crippen LogP contribution in [0.15, 0.2) is 35.1 Å². The molecule has 134 valence electrons. The van der Waals surface area contributed by atoms with Gasteiger partial charge in [-0.1, -0.05) is 18.2 Å². The van der Waals surface area contributed by atoms with E-state index in [0.717, 1.165) is 0 Å². The lowest BCUT2D eigenvalue weighted by atomic mass is 10.1. The highest BCUT2D eigenvalue weighted by Gasteiger charge is 2.30. The lowest BCUT2D eigenvalue weighted by Gasteiger charge is -2.08. The third-order valence-corrected chi connectivity index (χ3v) is 6.46. The Morgan fingerprint density at radius 3 is 2.56 bits per heavy atom. The van der Waals surface area contributed by atoms with Gasteiger partial charge in [0.2, 0.25) is 5.91 Å². The van der Waals surface area contributed by atoms with E-state index in [0.29, 0.717) is 17.8 Å². The molecule has 1 aromatic heterocycles. The molecule has 0 unspecified atom stereocenters.